The van der Waals surface area contributed by atoms with Gasteiger partial charge in [0.05, 0.1) is 26.4 Å². The molecule has 8 heteroatoms. The molecule has 1 aliphatic rings. The molecule has 0 spiro atoms. The van der Waals surface area contributed by atoms with Crippen LogP contribution in [0.5, 0.6) is 0 Å². The average molecular weight is 474 g/mol. The molecule has 4 atom stereocenters. The summed E-state index contributed by atoms with van der Waals surface area (Å²) in [6.07, 6.45) is -2.29. The summed E-state index contributed by atoms with van der Waals surface area (Å²) in [4.78, 5) is 15.6. The minimum Gasteiger partial charge on any atom is -0.457 e. The summed E-state index contributed by atoms with van der Waals surface area (Å²) >= 11 is 0. The van der Waals surface area contributed by atoms with Gasteiger partial charge in [-0.1, -0.05) is 96.1 Å². The van der Waals surface area contributed by atoms with Gasteiger partial charge in [0.25, 0.3) is 0 Å². The summed E-state index contributed by atoms with van der Waals surface area (Å²) in [5.74, 6) is -0.659. The first-order valence-corrected chi connectivity index (χ1v) is 11.4. The Kier molecular flexibility index (Phi) is 8.86. The smallest absolute Gasteiger partial charge is 0.318 e. The molecule has 0 unspecified atom stereocenters. The highest BCUT2D eigenvalue weighted by atomic mass is 16.6. The van der Waals surface area contributed by atoms with E-state index in [0.29, 0.717) is 6.61 Å². The van der Waals surface area contributed by atoms with Gasteiger partial charge in [0, 0.05) is 4.91 Å². The molecule has 0 aromatic heterocycles. The Balaban J connectivity index is 1.53. The molecule has 8 nitrogen and oxygen atoms in total. The first kappa shape index (κ1) is 24.4. The van der Waals surface area contributed by atoms with Gasteiger partial charge in [0.1, 0.15) is 12.2 Å². The molecule has 180 valence electrons. The maximum Gasteiger partial charge on any atom is 0.318 e. The first-order valence-electron chi connectivity index (χ1n) is 11.4. The number of ether oxygens (including phenoxy) is 4. The van der Waals surface area contributed by atoms with E-state index in [9.17, 15) is 4.79 Å². The number of nitrogens with zero attached hydrogens (tertiary/aromatic N) is 3. The number of esters is 1. The highest BCUT2D eigenvalue weighted by Crippen LogP contribution is 2.27. The van der Waals surface area contributed by atoms with Crippen LogP contribution >= 0.6 is 0 Å². The van der Waals surface area contributed by atoms with Gasteiger partial charge in [0.15, 0.2) is 12.1 Å². The number of hydrogen-bond acceptors (Lipinski definition) is 6. The van der Waals surface area contributed by atoms with E-state index < -0.39 is 30.3 Å². The first-order chi connectivity index (χ1) is 17.2. The van der Waals surface area contributed by atoms with Gasteiger partial charge in [0.2, 0.25) is 0 Å². The van der Waals surface area contributed by atoms with Crippen molar-refractivity contribution >= 4 is 5.97 Å². The second kappa shape index (κ2) is 12.7. The van der Waals surface area contributed by atoms with Crippen molar-refractivity contribution in [1.29, 1.82) is 0 Å². The quantitative estimate of drug-likeness (QED) is 0.169. The Bertz CT molecular complexity index is 1110. The molecular weight excluding hydrogens is 446 g/mol. The lowest BCUT2D eigenvalue weighted by atomic mass is 9.97. The van der Waals surface area contributed by atoms with Gasteiger partial charge >= 0.3 is 5.97 Å². The van der Waals surface area contributed by atoms with Crippen LogP contribution in [-0.2, 0) is 43.6 Å². The van der Waals surface area contributed by atoms with Crippen LogP contribution in [0.2, 0.25) is 0 Å². The molecule has 0 saturated carbocycles. The maximum atomic E-state index is 12.8. The van der Waals surface area contributed by atoms with Crippen molar-refractivity contribution in [2.24, 2.45) is 5.11 Å². The van der Waals surface area contributed by atoms with Gasteiger partial charge in [-0.15, -0.1) is 0 Å². The molecular formula is C27H27N3O5. The number of carbonyl (C=O) groups excluding carboxylic acids is 1. The SMILES string of the molecule is [N-]=[N+]=N[C@@H]1C(=O)O[C@H](COCc2ccccc2)[C@@H](OCc2ccccc2)[C@@H]1OCc1ccccc1. The highest BCUT2D eigenvalue weighted by molar-refractivity contribution is 5.78. The van der Waals surface area contributed by atoms with Crippen molar-refractivity contribution in [1.82, 2.24) is 0 Å². The van der Waals surface area contributed by atoms with E-state index in [1.54, 1.807) is 0 Å². The van der Waals surface area contributed by atoms with Crippen molar-refractivity contribution in [2.45, 2.75) is 44.2 Å². The molecule has 3 aromatic rings. The lowest BCUT2D eigenvalue weighted by Crippen LogP contribution is -2.58. The van der Waals surface area contributed by atoms with Crippen molar-refractivity contribution in [2.75, 3.05) is 6.61 Å². The zero-order chi connectivity index (χ0) is 24.3. The zero-order valence-corrected chi connectivity index (χ0v) is 19.2. The Morgan fingerprint density at radius 3 is 1.74 bits per heavy atom. The number of benzene rings is 3. The third-order valence-electron chi connectivity index (χ3n) is 5.65. The van der Waals surface area contributed by atoms with E-state index in [-0.39, 0.29) is 19.8 Å². The third kappa shape index (κ3) is 6.91. The lowest BCUT2D eigenvalue weighted by Gasteiger charge is -2.39. The second-order valence-corrected chi connectivity index (χ2v) is 8.15. The predicted octanol–water partition coefficient (Wildman–Crippen LogP) is 4.98. The van der Waals surface area contributed by atoms with Crippen molar-refractivity contribution in [3.8, 4) is 0 Å². The molecule has 0 N–H and O–H groups in total. The Labute approximate surface area is 204 Å². The van der Waals surface area contributed by atoms with E-state index >= 15 is 0 Å². The van der Waals surface area contributed by atoms with Gasteiger partial charge in [-0.2, -0.15) is 0 Å². The number of hydrogen-bond donors (Lipinski definition) is 0. The summed E-state index contributed by atoms with van der Waals surface area (Å²) < 4.78 is 23.9. The Morgan fingerprint density at radius 1 is 0.743 bits per heavy atom. The van der Waals surface area contributed by atoms with Crippen LogP contribution in [0.15, 0.2) is 96.1 Å². The van der Waals surface area contributed by atoms with Crippen LogP contribution in [0, 0.1) is 0 Å². The van der Waals surface area contributed by atoms with Crippen LogP contribution in [0.1, 0.15) is 16.7 Å². The van der Waals surface area contributed by atoms with Crippen molar-refractivity contribution < 1.29 is 23.7 Å². The topological polar surface area (TPSA) is 103 Å². The lowest BCUT2D eigenvalue weighted by molar-refractivity contribution is -0.209. The Hall–Kier alpha value is -3.68. The van der Waals surface area contributed by atoms with E-state index in [4.69, 9.17) is 24.5 Å². The second-order valence-electron chi connectivity index (χ2n) is 8.15. The average Bonchev–Trinajstić information content (AvgIpc) is 2.90. The van der Waals surface area contributed by atoms with Crippen LogP contribution in [0.4, 0.5) is 0 Å². The van der Waals surface area contributed by atoms with Crippen molar-refractivity contribution in [3.63, 3.8) is 0 Å². The van der Waals surface area contributed by atoms with E-state index in [0.717, 1.165) is 16.7 Å². The standard InChI is InChI=1S/C27H27N3O5/c28-30-29-24-26(34-18-22-14-8-3-9-15-22)25(33-17-21-12-6-2-7-13-21)23(35-27(24)31)19-32-16-20-10-4-1-5-11-20/h1-15,23-26H,16-19H2/t23-,24+,25-,26-/m1/s1. The molecule has 0 radical (unpaired) electrons. The van der Waals surface area contributed by atoms with E-state index in [1.807, 2.05) is 91.0 Å². The minimum atomic E-state index is -1.17. The monoisotopic (exact) mass is 473 g/mol. The van der Waals surface area contributed by atoms with E-state index in [2.05, 4.69) is 10.0 Å². The third-order valence-corrected chi connectivity index (χ3v) is 5.65. The molecule has 1 heterocycles. The van der Waals surface area contributed by atoms with Crippen molar-refractivity contribution in [3.05, 3.63) is 118 Å². The summed E-state index contributed by atoms with van der Waals surface area (Å²) in [6.45, 7) is 0.954. The molecule has 1 fully saturated rings. The molecule has 3 aromatic carbocycles. The minimum absolute atomic E-state index is 0.105. The maximum absolute atomic E-state index is 12.8. The molecule has 0 bridgehead atoms. The van der Waals surface area contributed by atoms with E-state index in [1.165, 1.54) is 0 Å². The zero-order valence-electron chi connectivity index (χ0n) is 19.2. The van der Waals surface area contributed by atoms with Gasteiger partial charge in [-0.3, -0.25) is 4.79 Å². The van der Waals surface area contributed by atoms with Gasteiger partial charge in [-0.05, 0) is 22.2 Å². The number of carbonyl (C=O) groups is 1. The van der Waals surface area contributed by atoms with Gasteiger partial charge in [-0.25, -0.2) is 0 Å². The summed E-state index contributed by atoms with van der Waals surface area (Å²) in [7, 11) is 0. The molecule has 4 rings (SSSR count). The molecule has 0 aliphatic carbocycles. The predicted molar refractivity (Wildman–Crippen MR) is 129 cm³/mol. The van der Waals surface area contributed by atoms with Crippen LogP contribution < -0.4 is 0 Å². The molecule has 1 saturated heterocycles. The molecule has 35 heavy (non-hydrogen) atoms. The summed E-state index contributed by atoms with van der Waals surface area (Å²) in [5, 5.41) is 3.69. The van der Waals surface area contributed by atoms with Crippen LogP contribution in [0.3, 0.4) is 0 Å². The molecule has 1 aliphatic heterocycles. The number of cyclic esters (lactones) is 1. The largest absolute Gasteiger partial charge is 0.457 e. The highest BCUT2D eigenvalue weighted by Gasteiger charge is 2.47. The fraction of sp³-hybridized carbons (Fsp3) is 0.296. The summed E-state index contributed by atoms with van der Waals surface area (Å²) in [6, 6.07) is 27.8. The fourth-order valence-corrected chi connectivity index (χ4v) is 3.90. The number of rotatable bonds is 11. The fourth-order valence-electron chi connectivity index (χ4n) is 3.90. The number of azide groups is 1. The van der Waals surface area contributed by atoms with Crippen LogP contribution in [0.25, 0.3) is 10.4 Å². The summed E-state index contributed by atoms with van der Waals surface area (Å²) in [5.41, 5.74) is 12.0. The van der Waals surface area contributed by atoms with Crippen LogP contribution in [-0.4, -0.2) is 36.9 Å². The Morgan fingerprint density at radius 2 is 1.23 bits per heavy atom. The molecule has 0 amide bonds. The normalized spacial score (nSPS) is 21.7. The van der Waals surface area contributed by atoms with Gasteiger partial charge < -0.3 is 18.9 Å².